The van der Waals surface area contributed by atoms with Crippen LogP contribution in [0.4, 0.5) is 4.79 Å². The highest BCUT2D eigenvalue weighted by molar-refractivity contribution is 5.74. The third-order valence-corrected chi connectivity index (χ3v) is 4.03. The number of urea groups is 1. The number of nitrogens with one attached hydrogen (secondary N) is 2. The number of nitrogens with zero attached hydrogens (tertiary/aromatic N) is 2. The molecule has 1 aromatic heterocycles. The Balaban J connectivity index is 1.83. The number of likely N-dealkylation sites (tertiary alicyclic amines) is 1. The summed E-state index contributed by atoms with van der Waals surface area (Å²) in [7, 11) is 0. The van der Waals surface area contributed by atoms with Crippen LogP contribution in [0.25, 0.3) is 0 Å². The predicted octanol–water partition coefficient (Wildman–Crippen LogP) is 1.13. The number of amides is 2. The number of aromatic nitrogens is 2. The SMILES string of the molecule is Cc1n[nH]c(C)c1CCNC(=O)N1CCCCC1CO. The Morgan fingerprint density at radius 2 is 2.30 bits per heavy atom. The zero-order chi connectivity index (χ0) is 14.5. The first-order valence-corrected chi connectivity index (χ1v) is 7.29. The molecule has 1 aromatic rings. The summed E-state index contributed by atoms with van der Waals surface area (Å²) < 4.78 is 0. The number of piperidine rings is 1. The van der Waals surface area contributed by atoms with E-state index in [0.29, 0.717) is 6.54 Å². The summed E-state index contributed by atoms with van der Waals surface area (Å²) in [4.78, 5) is 13.9. The van der Waals surface area contributed by atoms with Crippen molar-refractivity contribution >= 4 is 6.03 Å². The topological polar surface area (TPSA) is 81.2 Å². The van der Waals surface area contributed by atoms with Crippen molar-refractivity contribution in [2.75, 3.05) is 19.7 Å². The van der Waals surface area contributed by atoms with E-state index in [-0.39, 0.29) is 18.7 Å². The average molecular weight is 280 g/mol. The van der Waals surface area contributed by atoms with Crippen LogP contribution < -0.4 is 5.32 Å². The molecule has 0 bridgehead atoms. The average Bonchev–Trinajstić information content (AvgIpc) is 2.78. The van der Waals surface area contributed by atoms with E-state index >= 15 is 0 Å². The van der Waals surface area contributed by atoms with E-state index in [2.05, 4.69) is 15.5 Å². The largest absolute Gasteiger partial charge is 0.394 e. The molecule has 1 atom stereocenters. The number of hydrogen-bond acceptors (Lipinski definition) is 3. The van der Waals surface area contributed by atoms with Gasteiger partial charge >= 0.3 is 6.03 Å². The smallest absolute Gasteiger partial charge is 0.317 e. The molecule has 6 heteroatoms. The van der Waals surface area contributed by atoms with Crippen LogP contribution in [0.5, 0.6) is 0 Å². The zero-order valence-electron chi connectivity index (χ0n) is 12.3. The van der Waals surface area contributed by atoms with Crippen LogP contribution in [0, 0.1) is 13.8 Å². The number of carbonyl (C=O) groups is 1. The lowest BCUT2D eigenvalue weighted by molar-refractivity contribution is 0.108. The van der Waals surface area contributed by atoms with E-state index in [1.807, 2.05) is 13.8 Å². The molecule has 3 N–H and O–H groups in total. The minimum atomic E-state index is -0.0671. The first-order chi connectivity index (χ1) is 9.63. The third kappa shape index (κ3) is 3.30. The van der Waals surface area contributed by atoms with Crippen molar-refractivity contribution in [1.82, 2.24) is 20.4 Å². The number of aryl methyl sites for hydroxylation is 2. The first-order valence-electron chi connectivity index (χ1n) is 7.29. The van der Waals surface area contributed by atoms with Gasteiger partial charge in [0.15, 0.2) is 0 Å². The molecule has 1 unspecified atom stereocenters. The van der Waals surface area contributed by atoms with Gasteiger partial charge in [0, 0.05) is 18.8 Å². The van der Waals surface area contributed by atoms with Crippen molar-refractivity contribution in [3.63, 3.8) is 0 Å². The summed E-state index contributed by atoms with van der Waals surface area (Å²) >= 11 is 0. The molecule has 0 aliphatic carbocycles. The highest BCUT2D eigenvalue weighted by Gasteiger charge is 2.25. The summed E-state index contributed by atoms with van der Waals surface area (Å²) in [6, 6.07) is -0.0938. The summed E-state index contributed by atoms with van der Waals surface area (Å²) in [6.07, 6.45) is 3.77. The Labute approximate surface area is 119 Å². The van der Waals surface area contributed by atoms with Crippen LogP contribution in [0.15, 0.2) is 0 Å². The third-order valence-electron chi connectivity index (χ3n) is 4.03. The molecule has 0 aromatic carbocycles. The first kappa shape index (κ1) is 14.8. The number of rotatable bonds is 4. The predicted molar refractivity (Wildman–Crippen MR) is 76.6 cm³/mol. The van der Waals surface area contributed by atoms with Gasteiger partial charge in [0.05, 0.1) is 18.3 Å². The van der Waals surface area contributed by atoms with Gasteiger partial charge in [-0.3, -0.25) is 5.10 Å². The highest BCUT2D eigenvalue weighted by Crippen LogP contribution is 2.16. The second-order valence-corrected chi connectivity index (χ2v) is 5.42. The van der Waals surface area contributed by atoms with Gasteiger partial charge in [-0.15, -0.1) is 0 Å². The van der Waals surface area contributed by atoms with Crippen molar-refractivity contribution in [2.24, 2.45) is 0 Å². The van der Waals surface area contributed by atoms with Gasteiger partial charge in [-0.25, -0.2) is 4.79 Å². The molecule has 2 amide bonds. The standard InChI is InChI=1S/C14H24N4O2/c1-10-13(11(2)17-16-10)6-7-15-14(20)18-8-4-3-5-12(18)9-19/h12,19H,3-9H2,1-2H3,(H,15,20)(H,16,17). The molecule has 0 saturated carbocycles. The number of aliphatic hydroxyl groups is 1. The number of aromatic amines is 1. The monoisotopic (exact) mass is 280 g/mol. The number of carbonyl (C=O) groups excluding carboxylic acids is 1. The summed E-state index contributed by atoms with van der Waals surface area (Å²) in [5.74, 6) is 0. The Morgan fingerprint density at radius 1 is 1.50 bits per heavy atom. The van der Waals surface area contributed by atoms with Crippen LogP contribution in [0.3, 0.4) is 0 Å². The number of hydrogen-bond donors (Lipinski definition) is 3. The summed E-state index contributed by atoms with van der Waals surface area (Å²) in [5.41, 5.74) is 3.22. The molecule has 1 saturated heterocycles. The summed E-state index contributed by atoms with van der Waals surface area (Å²) in [5, 5.41) is 19.4. The van der Waals surface area contributed by atoms with E-state index in [1.54, 1.807) is 4.90 Å². The quantitative estimate of drug-likeness (QED) is 0.773. The molecule has 20 heavy (non-hydrogen) atoms. The Kier molecular flexibility index (Phi) is 5.00. The minimum Gasteiger partial charge on any atom is -0.394 e. The maximum absolute atomic E-state index is 12.1. The molecular formula is C14H24N4O2. The molecule has 6 nitrogen and oxygen atoms in total. The molecule has 112 valence electrons. The van der Waals surface area contributed by atoms with Crippen molar-refractivity contribution in [3.8, 4) is 0 Å². The Hall–Kier alpha value is -1.56. The second-order valence-electron chi connectivity index (χ2n) is 5.42. The molecule has 1 fully saturated rings. The fourth-order valence-electron chi connectivity index (χ4n) is 2.80. The molecule has 2 heterocycles. The molecular weight excluding hydrogens is 256 g/mol. The lowest BCUT2D eigenvalue weighted by Gasteiger charge is -2.34. The highest BCUT2D eigenvalue weighted by atomic mass is 16.3. The van der Waals surface area contributed by atoms with E-state index < -0.39 is 0 Å². The molecule has 0 spiro atoms. The molecule has 1 aliphatic heterocycles. The number of aliphatic hydroxyl groups excluding tert-OH is 1. The van der Waals surface area contributed by atoms with Gasteiger partial charge in [0.1, 0.15) is 0 Å². The fraction of sp³-hybridized carbons (Fsp3) is 0.714. The van der Waals surface area contributed by atoms with Crippen LogP contribution >= 0.6 is 0 Å². The van der Waals surface area contributed by atoms with Crippen molar-refractivity contribution in [1.29, 1.82) is 0 Å². The zero-order valence-corrected chi connectivity index (χ0v) is 12.3. The van der Waals surface area contributed by atoms with E-state index in [4.69, 9.17) is 0 Å². The number of H-pyrrole nitrogens is 1. The van der Waals surface area contributed by atoms with Gasteiger partial charge in [0.2, 0.25) is 0 Å². The van der Waals surface area contributed by atoms with Gasteiger partial charge in [-0.1, -0.05) is 0 Å². The van der Waals surface area contributed by atoms with Gasteiger partial charge in [0.25, 0.3) is 0 Å². The Bertz CT molecular complexity index is 439. The van der Waals surface area contributed by atoms with Crippen LogP contribution in [-0.4, -0.2) is 52.0 Å². The molecule has 1 aliphatic rings. The van der Waals surface area contributed by atoms with Crippen LogP contribution in [-0.2, 0) is 6.42 Å². The lowest BCUT2D eigenvalue weighted by atomic mass is 10.0. The lowest BCUT2D eigenvalue weighted by Crippen LogP contribution is -2.50. The maximum Gasteiger partial charge on any atom is 0.317 e. The molecule has 2 rings (SSSR count). The Morgan fingerprint density at radius 3 is 2.95 bits per heavy atom. The second kappa shape index (κ2) is 6.74. The van der Waals surface area contributed by atoms with E-state index in [9.17, 15) is 9.90 Å². The van der Waals surface area contributed by atoms with Crippen LogP contribution in [0.2, 0.25) is 0 Å². The fourth-order valence-corrected chi connectivity index (χ4v) is 2.80. The van der Waals surface area contributed by atoms with Crippen LogP contribution in [0.1, 0.15) is 36.2 Å². The van der Waals surface area contributed by atoms with E-state index in [0.717, 1.165) is 43.6 Å². The normalized spacial score (nSPS) is 19.1. The van der Waals surface area contributed by atoms with Gasteiger partial charge < -0.3 is 15.3 Å². The van der Waals surface area contributed by atoms with Crippen molar-refractivity contribution in [2.45, 2.75) is 45.6 Å². The van der Waals surface area contributed by atoms with Crippen molar-refractivity contribution < 1.29 is 9.90 Å². The van der Waals surface area contributed by atoms with Crippen molar-refractivity contribution in [3.05, 3.63) is 17.0 Å². The van der Waals surface area contributed by atoms with Gasteiger partial charge in [-0.2, -0.15) is 5.10 Å². The van der Waals surface area contributed by atoms with Gasteiger partial charge in [-0.05, 0) is 45.1 Å². The minimum absolute atomic E-state index is 0.0267. The maximum atomic E-state index is 12.1. The summed E-state index contributed by atoms with van der Waals surface area (Å²) in [6.45, 7) is 5.33. The molecule has 0 radical (unpaired) electrons. The van der Waals surface area contributed by atoms with E-state index in [1.165, 1.54) is 5.56 Å².